The number of benzene rings is 3. The minimum Gasteiger partial charge on any atom is -0.460 e. The van der Waals surface area contributed by atoms with Crippen LogP contribution in [0.25, 0.3) is 22.3 Å². The Kier molecular flexibility index (Phi) is 36.1. The lowest BCUT2D eigenvalue weighted by Crippen LogP contribution is -2.52. The Morgan fingerprint density at radius 2 is 1.04 bits per heavy atom. The number of nitrogens with one attached hydrogen (secondary N) is 6. The molecule has 3 atom stereocenters. The number of carbonyl (C=O) groups excluding carboxylic acids is 20. The second kappa shape index (κ2) is 46.9. The lowest BCUT2D eigenvalue weighted by Gasteiger charge is -2.29. The molecule has 44 heteroatoms. The summed E-state index contributed by atoms with van der Waals surface area (Å²) in [5.74, 6) is -13.2. The number of unbranched alkanes of at least 4 members (excludes halogenated alkanes) is 2. The number of anilines is 1. The van der Waals surface area contributed by atoms with Crippen LogP contribution < -0.4 is 37.5 Å². The number of esters is 1. The second-order valence-corrected chi connectivity index (χ2v) is 33.9. The quantitative estimate of drug-likeness (QED) is 0.0143. The molecular formula is C91H115FN20O23. The summed E-state index contributed by atoms with van der Waals surface area (Å²) >= 11 is 0. The maximum absolute atomic E-state index is 15.9. The molecule has 3 aliphatic heterocycles. The third-order valence-electron chi connectivity index (χ3n) is 23.7. The van der Waals surface area contributed by atoms with Gasteiger partial charge in [-0.25, -0.2) is 14.2 Å². The number of pyridine rings is 2. The highest BCUT2D eigenvalue weighted by molar-refractivity contribution is 6.13. The first kappa shape index (κ1) is 104. The highest BCUT2D eigenvalue weighted by atomic mass is 19.1. The summed E-state index contributed by atoms with van der Waals surface area (Å²) < 4.78 is 28.9. The molecule has 2 aromatic heterocycles. The van der Waals surface area contributed by atoms with Crippen molar-refractivity contribution in [3.8, 4) is 11.4 Å². The van der Waals surface area contributed by atoms with E-state index in [0.29, 0.717) is 81.4 Å². The fourth-order valence-electron chi connectivity index (χ4n) is 15.3. The molecular weight excluding hydrogens is 1760 g/mol. The van der Waals surface area contributed by atoms with Crippen LogP contribution in [-0.4, -0.2) is 362 Å². The van der Waals surface area contributed by atoms with Crippen LogP contribution in [0.1, 0.15) is 114 Å². The molecule has 5 heterocycles. The maximum Gasteiger partial charge on any atom is 0.407 e. The number of halogens is 1. The van der Waals surface area contributed by atoms with Crippen molar-refractivity contribution in [3.63, 3.8) is 0 Å². The van der Waals surface area contributed by atoms with Crippen LogP contribution in [0.4, 0.5) is 14.9 Å². The minimum atomic E-state index is -1.33. The molecule has 0 saturated carbocycles. The van der Waals surface area contributed by atoms with Crippen LogP contribution in [0.5, 0.6) is 0 Å². The van der Waals surface area contributed by atoms with Crippen molar-refractivity contribution in [2.75, 3.05) is 174 Å². The van der Waals surface area contributed by atoms with Crippen molar-refractivity contribution in [1.29, 1.82) is 0 Å². The fraction of sp³-hybridized carbons (Fsp3) is 0.473. The highest BCUT2D eigenvalue weighted by Gasteiger charge is 2.40. The molecule has 43 nitrogen and oxygen atoms in total. The molecule has 0 bridgehead atoms. The number of amides is 19. The largest absolute Gasteiger partial charge is 0.460 e. The first-order valence-electron chi connectivity index (χ1n) is 43.6. The molecule has 3 aromatic carbocycles. The number of ether oxygens (including phenoxy) is 2. The maximum atomic E-state index is 15.9. The number of rotatable bonds is 43. The van der Waals surface area contributed by atoms with Crippen LogP contribution in [0.3, 0.4) is 0 Å². The van der Waals surface area contributed by atoms with Crippen molar-refractivity contribution in [3.05, 3.63) is 139 Å². The molecule has 19 amide bonds. The highest BCUT2D eigenvalue weighted by Crippen LogP contribution is 2.46. The Labute approximate surface area is 777 Å². The van der Waals surface area contributed by atoms with Gasteiger partial charge in [0.25, 0.3) is 17.4 Å². The van der Waals surface area contributed by atoms with Crippen molar-refractivity contribution in [1.82, 2.24) is 94.9 Å². The number of aromatic nitrogens is 2. The molecule has 0 unspecified atom stereocenters. The number of carbonyl (C=O) groups is 20. The van der Waals surface area contributed by atoms with E-state index in [-0.39, 0.29) is 86.7 Å². The smallest absolute Gasteiger partial charge is 0.407 e. The standard InChI is InChI=1S/C91H115FN20O23/c1-15-57-59-34-68-87-60(40-112(68)89(131)62(59)52-134-90(57)132)86-65(29-28-58-53(2)63(92)35-66(98-87)85(58)86)99-91(133)135-51-61-56(25-22-26-64(61)96-72(117)38-95-88(130)67(33-55-23-18-16-19-24-55)97-71(116)37-94-70(115)36-93-69(114)27-20-17-21-32-111-73(118)30-31-74(111)119)39-101(5)76(121)42-103(7)78(123)44-105(9)80(125)46-107(11)82(127)48-109(13)84(129)50-110(14)83(128)49-108(12)81(126)47-106(10)79(124)45-104(8)77(122)43-102(6)75(120)41-100(4)54(3)113/h16,18-19,22-26,30-31,34-35,57,65,67H,15,17,20-21,27-29,32-33,36-52H2,1-14H3,(H,93,114)(H,94,115)(H,95,130)(H,96,117)(H,97,116)(H,99,133)/t57-,65+,67+/m1/s1. The Hall–Kier alpha value is -14.9. The van der Waals surface area contributed by atoms with Gasteiger partial charge in [0.2, 0.25) is 94.5 Å². The predicted molar refractivity (Wildman–Crippen MR) is 481 cm³/mol. The van der Waals surface area contributed by atoms with Crippen LogP contribution in [-0.2, 0) is 140 Å². The number of fused-ring (bicyclic) bond motifs is 5. The first-order chi connectivity index (χ1) is 63.8. The van der Waals surface area contributed by atoms with E-state index < -0.39 is 227 Å². The summed E-state index contributed by atoms with van der Waals surface area (Å²) in [6.45, 7) is -2.98. The van der Waals surface area contributed by atoms with Crippen LogP contribution >= 0.6 is 0 Å². The number of cyclic esters (lactones) is 1. The monoisotopic (exact) mass is 1870 g/mol. The minimum absolute atomic E-state index is 0.00122. The van der Waals surface area contributed by atoms with Gasteiger partial charge in [0, 0.05) is 151 Å². The number of hydrogen-bond acceptors (Lipinski definition) is 24. The molecule has 5 aromatic rings. The van der Waals surface area contributed by atoms with Gasteiger partial charge in [0.05, 0.1) is 126 Å². The zero-order chi connectivity index (χ0) is 99.3. The van der Waals surface area contributed by atoms with Crippen LogP contribution in [0.15, 0.2) is 77.6 Å². The average molecular weight is 1880 g/mol. The van der Waals surface area contributed by atoms with Crippen LogP contribution in [0.2, 0.25) is 0 Å². The third kappa shape index (κ3) is 27.4. The molecule has 0 saturated heterocycles. The summed E-state index contributed by atoms with van der Waals surface area (Å²) in [7, 11) is 14.6. The van der Waals surface area contributed by atoms with E-state index >= 15 is 4.39 Å². The summed E-state index contributed by atoms with van der Waals surface area (Å²) in [5, 5.41) is 16.3. The van der Waals surface area contributed by atoms with E-state index in [1.54, 1.807) is 56.3 Å². The van der Waals surface area contributed by atoms with Gasteiger partial charge in [-0.3, -0.25) is 101 Å². The van der Waals surface area contributed by atoms with Gasteiger partial charge in [0.1, 0.15) is 25.1 Å². The molecule has 4 aliphatic rings. The van der Waals surface area contributed by atoms with E-state index in [1.807, 2.05) is 0 Å². The van der Waals surface area contributed by atoms with Gasteiger partial charge in [0.15, 0.2) is 0 Å². The van der Waals surface area contributed by atoms with Crippen molar-refractivity contribution in [2.24, 2.45) is 0 Å². The first-order valence-corrected chi connectivity index (χ1v) is 43.6. The summed E-state index contributed by atoms with van der Waals surface area (Å²) in [4.78, 5) is 295. The molecule has 0 fully saturated rings. The van der Waals surface area contributed by atoms with Crippen molar-refractivity contribution >= 4 is 135 Å². The molecule has 9 rings (SSSR count). The van der Waals surface area contributed by atoms with E-state index in [4.69, 9.17) is 14.5 Å². The molecule has 6 N–H and O–H groups in total. The summed E-state index contributed by atoms with van der Waals surface area (Å²) in [6, 6.07) is 14.0. The van der Waals surface area contributed by atoms with Crippen molar-refractivity contribution in [2.45, 2.75) is 116 Å². The van der Waals surface area contributed by atoms with Gasteiger partial charge < -0.3 is 99.8 Å². The number of likely N-dealkylation sites (N-methyl/N-ethyl adjacent to an activating group) is 11. The molecule has 0 spiro atoms. The van der Waals surface area contributed by atoms with E-state index in [2.05, 4.69) is 31.9 Å². The molecule has 724 valence electrons. The van der Waals surface area contributed by atoms with E-state index in [0.717, 1.165) is 49.0 Å². The lowest BCUT2D eigenvalue weighted by atomic mass is 9.81. The number of imide groups is 1. The van der Waals surface area contributed by atoms with E-state index in [1.165, 1.54) is 129 Å². The lowest BCUT2D eigenvalue weighted by molar-refractivity contribution is -0.148. The summed E-state index contributed by atoms with van der Waals surface area (Å²) in [5.41, 5.74) is 4.61. The Morgan fingerprint density at radius 3 is 1.55 bits per heavy atom. The number of alkyl carbamates (subject to hydrolysis) is 1. The number of hydrogen-bond donors (Lipinski definition) is 6. The van der Waals surface area contributed by atoms with Gasteiger partial charge in [-0.1, -0.05) is 55.8 Å². The molecule has 0 radical (unpaired) electrons. The SMILES string of the molecule is CC[C@H]1C(=O)OCc2c1cc1n(c2=O)Cc2c-1nc1cc(F)c(C)c3c1c2[C@@H](NC(=O)OCc1c(CN(C)C(=O)CN(C)C(=O)CN(C)C(=O)CN(C)C(=O)CN(C)C(=O)CN(C)C(=O)CN(C)C(=O)CN(C)C(=O)CN(C)C(=O)CN(C)C(=O)CN(C)C(C)=O)cccc1NC(=O)CNC(=O)[C@H](Cc1ccccc1)NC(=O)CNC(=O)CNC(=O)CCCCCN1C(=O)C=CC1=O)CC3. The van der Waals surface area contributed by atoms with Gasteiger partial charge in [-0.05, 0) is 84.5 Å². The number of aryl methyl sites for hydroxylation is 1. The molecule has 135 heavy (non-hydrogen) atoms. The third-order valence-corrected chi connectivity index (χ3v) is 23.7. The van der Waals surface area contributed by atoms with Crippen LogP contribution in [0, 0.1) is 12.7 Å². The van der Waals surface area contributed by atoms with Gasteiger partial charge >= 0.3 is 12.1 Å². The average Bonchev–Trinajstić information content (AvgIpc) is 1.57. The Bertz CT molecular complexity index is 5590. The zero-order valence-corrected chi connectivity index (χ0v) is 78.1. The normalized spacial score (nSPS) is 13.8. The Morgan fingerprint density at radius 1 is 0.548 bits per heavy atom. The molecule has 1 aliphatic carbocycles. The fourth-order valence-corrected chi connectivity index (χ4v) is 15.3. The summed E-state index contributed by atoms with van der Waals surface area (Å²) in [6.07, 6.45) is 3.56. The second-order valence-electron chi connectivity index (χ2n) is 33.9. The Balaban J connectivity index is 0.810. The van der Waals surface area contributed by atoms with E-state index in [9.17, 15) is 101 Å². The van der Waals surface area contributed by atoms with Gasteiger partial charge in [-0.15, -0.1) is 0 Å². The topological polar surface area (TPSA) is 506 Å². The van der Waals surface area contributed by atoms with Gasteiger partial charge in [-0.2, -0.15) is 0 Å². The zero-order valence-electron chi connectivity index (χ0n) is 78.1. The predicted octanol–water partition coefficient (Wildman–Crippen LogP) is -1.60. The number of nitrogens with zero attached hydrogens (tertiary/aromatic N) is 14. The van der Waals surface area contributed by atoms with Crippen molar-refractivity contribution < 1.29 is 110 Å².